The Morgan fingerprint density at radius 3 is 2.44 bits per heavy atom. The molecular formula is C20H23NO4. The molecule has 3 aliphatic rings. The van der Waals surface area contributed by atoms with Gasteiger partial charge in [-0.05, 0) is 37.3 Å². The van der Waals surface area contributed by atoms with Gasteiger partial charge in [-0.1, -0.05) is 38.1 Å². The zero-order valence-electron chi connectivity index (χ0n) is 14.9. The molecule has 5 heteroatoms. The lowest BCUT2D eigenvalue weighted by molar-refractivity contribution is -0.199. The second kappa shape index (κ2) is 4.93. The van der Waals surface area contributed by atoms with Crippen molar-refractivity contribution in [2.24, 2.45) is 16.2 Å². The zero-order valence-corrected chi connectivity index (χ0v) is 14.9. The molecule has 1 amide bonds. The SMILES string of the molecule is CC12CCC(C(=O)N3CCc4ccccc4C3)(C(=O)OC1=O)C2(C)C. The Kier molecular flexibility index (Phi) is 3.22. The van der Waals surface area contributed by atoms with Gasteiger partial charge in [0.1, 0.15) is 0 Å². The quantitative estimate of drug-likeness (QED) is 0.581. The Bertz CT molecular complexity index is 799. The minimum Gasteiger partial charge on any atom is -0.392 e. The van der Waals surface area contributed by atoms with Gasteiger partial charge in [0.2, 0.25) is 5.91 Å². The maximum atomic E-state index is 13.5. The highest BCUT2D eigenvalue weighted by atomic mass is 16.6. The monoisotopic (exact) mass is 341 g/mol. The smallest absolute Gasteiger partial charge is 0.329 e. The van der Waals surface area contributed by atoms with Crippen LogP contribution < -0.4 is 0 Å². The van der Waals surface area contributed by atoms with Gasteiger partial charge in [-0.3, -0.25) is 14.4 Å². The predicted molar refractivity (Wildman–Crippen MR) is 90.2 cm³/mol. The largest absolute Gasteiger partial charge is 0.392 e. The summed E-state index contributed by atoms with van der Waals surface area (Å²) in [5.41, 5.74) is -0.453. The minimum absolute atomic E-state index is 0.187. The van der Waals surface area contributed by atoms with Crippen LogP contribution in [0.2, 0.25) is 0 Å². The molecule has 1 saturated heterocycles. The van der Waals surface area contributed by atoms with Gasteiger partial charge in [0.15, 0.2) is 5.41 Å². The van der Waals surface area contributed by atoms with E-state index in [9.17, 15) is 14.4 Å². The number of esters is 2. The molecule has 0 aromatic heterocycles. The van der Waals surface area contributed by atoms with E-state index in [1.54, 1.807) is 4.90 Å². The lowest BCUT2D eigenvalue weighted by atomic mass is 9.56. The molecule has 1 saturated carbocycles. The molecule has 132 valence electrons. The molecule has 1 aromatic carbocycles. The van der Waals surface area contributed by atoms with Gasteiger partial charge < -0.3 is 9.64 Å². The van der Waals surface area contributed by atoms with Crippen LogP contribution >= 0.6 is 0 Å². The number of nitrogens with zero attached hydrogens (tertiary/aromatic N) is 1. The molecule has 2 heterocycles. The normalized spacial score (nSPS) is 33.0. The molecule has 0 spiro atoms. The lowest BCUT2D eigenvalue weighted by Crippen LogP contribution is -2.62. The number of carbonyl (C=O) groups excluding carboxylic acids is 3. The van der Waals surface area contributed by atoms with E-state index < -0.39 is 28.2 Å². The topological polar surface area (TPSA) is 63.7 Å². The van der Waals surface area contributed by atoms with Gasteiger partial charge in [0.05, 0.1) is 5.41 Å². The van der Waals surface area contributed by atoms with Crippen LogP contribution in [0.3, 0.4) is 0 Å². The summed E-state index contributed by atoms with van der Waals surface area (Å²) in [7, 11) is 0. The molecule has 4 rings (SSSR count). The van der Waals surface area contributed by atoms with Crippen molar-refractivity contribution in [3.8, 4) is 0 Å². The Morgan fingerprint density at radius 2 is 1.72 bits per heavy atom. The van der Waals surface area contributed by atoms with E-state index in [4.69, 9.17) is 4.74 Å². The molecule has 0 N–H and O–H groups in total. The maximum Gasteiger partial charge on any atom is 0.329 e. The van der Waals surface area contributed by atoms with Crippen molar-refractivity contribution in [1.29, 1.82) is 0 Å². The molecule has 2 unspecified atom stereocenters. The van der Waals surface area contributed by atoms with Crippen molar-refractivity contribution in [2.75, 3.05) is 6.54 Å². The van der Waals surface area contributed by atoms with Gasteiger partial charge in [-0.2, -0.15) is 0 Å². The van der Waals surface area contributed by atoms with Crippen molar-refractivity contribution in [3.63, 3.8) is 0 Å². The average molecular weight is 341 g/mol. The number of ether oxygens (including phenoxy) is 1. The highest BCUT2D eigenvalue weighted by Gasteiger charge is 2.75. The molecule has 2 bridgehead atoms. The van der Waals surface area contributed by atoms with E-state index in [0.717, 1.165) is 12.0 Å². The van der Waals surface area contributed by atoms with Crippen molar-refractivity contribution in [2.45, 2.75) is 46.6 Å². The minimum atomic E-state index is -1.26. The van der Waals surface area contributed by atoms with Crippen LogP contribution in [-0.2, 0) is 32.1 Å². The standard InChI is InChI=1S/C20H23NO4/c1-18(2)19(3)9-10-20(18,17(24)25-16(19)23)15(22)21-11-8-13-6-4-5-7-14(13)12-21/h4-7H,8-12H2,1-3H3. The second-order valence-electron chi connectivity index (χ2n) is 8.28. The van der Waals surface area contributed by atoms with Gasteiger partial charge in [0.25, 0.3) is 0 Å². The van der Waals surface area contributed by atoms with Gasteiger partial charge in [-0.15, -0.1) is 0 Å². The fourth-order valence-electron chi connectivity index (χ4n) is 4.93. The van der Waals surface area contributed by atoms with E-state index in [1.165, 1.54) is 5.56 Å². The lowest BCUT2D eigenvalue weighted by Gasteiger charge is -2.49. The molecule has 1 aliphatic carbocycles. The summed E-state index contributed by atoms with van der Waals surface area (Å²) in [5, 5.41) is 0. The van der Waals surface area contributed by atoms with Crippen LogP contribution in [0.15, 0.2) is 24.3 Å². The summed E-state index contributed by atoms with van der Waals surface area (Å²) in [6, 6.07) is 8.08. The van der Waals surface area contributed by atoms with E-state index in [0.29, 0.717) is 25.9 Å². The third-order valence-corrected chi connectivity index (χ3v) is 7.21. The second-order valence-corrected chi connectivity index (χ2v) is 8.28. The number of rotatable bonds is 1. The summed E-state index contributed by atoms with van der Waals surface area (Å²) in [5.74, 6) is -1.35. The molecule has 25 heavy (non-hydrogen) atoms. The fourth-order valence-corrected chi connectivity index (χ4v) is 4.93. The average Bonchev–Trinajstić information content (AvgIpc) is 2.74. The first-order valence-corrected chi connectivity index (χ1v) is 8.87. The number of cyclic esters (lactones) is 2. The Balaban J connectivity index is 1.73. The third-order valence-electron chi connectivity index (χ3n) is 7.21. The third kappa shape index (κ3) is 1.81. The number of amides is 1. The number of benzene rings is 1. The van der Waals surface area contributed by atoms with Gasteiger partial charge in [-0.25, -0.2) is 0 Å². The van der Waals surface area contributed by atoms with Crippen molar-refractivity contribution in [1.82, 2.24) is 4.90 Å². The molecule has 2 aliphatic heterocycles. The molecule has 1 aromatic rings. The number of hydrogen-bond acceptors (Lipinski definition) is 4. The number of carbonyl (C=O) groups is 3. The summed E-state index contributed by atoms with van der Waals surface area (Å²) in [4.78, 5) is 40.4. The first-order chi connectivity index (χ1) is 11.7. The van der Waals surface area contributed by atoms with Gasteiger partial charge >= 0.3 is 11.9 Å². The van der Waals surface area contributed by atoms with Crippen molar-refractivity contribution < 1.29 is 19.1 Å². The van der Waals surface area contributed by atoms with Crippen LogP contribution in [0.1, 0.15) is 44.7 Å². The van der Waals surface area contributed by atoms with Crippen LogP contribution in [0.4, 0.5) is 0 Å². The predicted octanol–water partition coefficient (Wildman–Crippen LogP) is 2.47. The Morgan fingerprint density at radius 1 is 1.04 bits per heavy atom. The van der Waals surface area contributed by atoms with Crippen LogP contribution in [0.5, 0.6) is 0 Å². The molecule has 2 fully saturated rings. The zero-order chi connectivity index (χ0) is 18.0. The highest BCUT2D eigenvalue weighted by Crippen LogP contribution is 2.66. The van der Waals surface area contributed by atoms with Crippen LogP contribution in [0, 0.1) is 16.2 Å². The summed E-state index contributed by atoms with van der Waals surface area (Å²) >= 11 is 0. The van der Waals surface area contributed by atoms with E-state index in [2.05, 4.69) is 6.07 Å². The summed E-state index contributed by atoms with van der Waals surface area (Å²) < 4.78 is 5.07. The Hall–Kier alpha value is -2.17. The number of fused-ring (bicyclic) bond motifs is 3. The van der Waals surface area contributed by atoms with Crippen LogP contribution in [-0.4, -0.2) is 29.3 Å². The van der Waals surface area contributed by atoms with Crippen molar-refractivity contribution >= 4 is 17.8 Å². The first-order valence-electron chi connectivity index (χ1n) is 8.87. The molecular weight excluding hydrogens is 318 g/mol. The molecule has 5 nitrogen and oxygen atoms in total. The summed E-state index contributed by atoms with van der Waals surface area (Å²) in [6.45, 7) is 6.65. The van der Waals surface area contributed by atoms with E-state index in [-0.39, 0.29) is 5.91 Å². The molecule has 2 atom stereocenters. The van der Waals surface area contributed by atoms with E-state index >= 15 is 0 Å². The molecule has 0 radical (unpaired) electrons. The first kappa shape index (κ1) is 16.3. The maximum absolute atomic E-state index is 13.5. The van der Waals surface area contributed by atoms with Crippen LogP contribution in [0.25, 0.3) is 0 Å². The number of hydrogen-bond donors (Lipinski definition) is 0. The fraction of sp³-hybridized carbons (Fsp3) is 0.550. The Labute approximate surface area is 147 Å². The highest BCUT2D eigenvalue weighted by molar-refractivity contribution is 6.11. The van der Waals surface area contributed by atoms with E-state index in [1.807, 2.05) is 39.0 Å². The van der Waals surface area contributed by atoms with Gasteiger partial charge in [0, 0.05) is 18.5 Å². The summed E-state index contributed by atoms with van der Waals surface area (Å²) in [6.07, 6.45) is 1.66. The van der Waals surface area contributed by atoms with Crippen molar-refractivity contribution in [3.05, 3.63) is 35.4 Å².